The second-order valence-corrected chi connectivity index (χ2v) is 7.24. The Morgan fingerprint density at radius 3 is 2.28 bits per heavy atom. The van der Waals surface area contributed by atoms with Crippen LogP contribution in [0.3, 0.4) is 0 Å². The number of phenols is 1. The molecule has 0 fully saturated rings. The summed E-state index contributed by atoms with van der Waals surface area (Å²) in [6, 6.07) is 21.4. The van der Waals surface area contributed by atoms with Crippen molar-refractivity contribution in [2.45, 2.75) is 13.3 Å². The molecule has 1 aliphatic carbocycles. The number of nitrogens with zero attached hydrogens (tertiary/aromatic N) is 1. The van der Waals surface area contributed by atoms with E-state index in [1.54, 1.807) is 12.1 Å². The lowest BCUT2D eigenvalue weighted by Crippen LogP contribution is -2.07. The zero-order valence-electron chi connectivity index (χ0n) is 15.9. The van der Waals surface area contributed by atoms with Gasteiger partial charge in [0.2, 0.25) is 5.91 Å². The highest BCUT2D eigenvalue weighted by Gasteiger charge is 2.27. The Balaban J connectivity index is 1.49. The Morgan fingerprint density at radius 2 is 1.59 bits per heavy atom. The average molecular weight is 381 g/mol. The zero-order chi connectivity index (χ0) is 20.0. The monoisotopic (exact) mass is 381 g/mol. The molecule has 4 aromatic rings. The van der Waals surface area contributed by atoms with E-state index < -0.39 is 0 Å². The summed E-state index contributed by atoms with van der Waals surface area (Å²) in [4.78, 5) is 11.5. The van der Waals surface area contributed by atoms with E-state index in [-0.39, 0.29) is 11.7 Å². The summed E-state index contributed by atoms with van der Waals surface area (Å²) in [5.74, 6) is 0.188. The van der Waals surface area contributed by atoms with Crippen LogP contribution < -0.4 is 5.32 Å². The molecule has 3 N–H and O–H groups in total. The number of rotatable bonds is 3. The smallest absolute Gasteiger partial charge is 0.221 e. The van der Waals surface area contributed by atoms with Crippen LogP contribution in [0.2, 0.25) is 0 Å². The van der Waals surface area contributed by atoms with Crippen LogP contribution in [-0.4, -0.2) is 21.2 Å². The van der Waals surface area contributed by atoms with Gasteiger partial charge in [-0.3, -0.25) is 9.89 Å². The van der Waals surface area contributed by atoms with Crippen LogP contribution in [-0.2, 0) is 11.2 Å². The molecule has 0 saturated heterocycles. The quantitative estimate of drug-likeness (QED) is 0.412. The van der Waals surface area contributed by atoms with Gasteiger partial charge >= 0.3 is 0 Å². The lowest BCUT2D eigenvalue weighted by atomic mass is 10.0. The third-order valence-electron chi connectivity index (χ3n) is 5.34. The average Bonchev–Trinajstić information content (AvgIpc) is 3.29. The van der Waals surface area contributed by atoms with Gasteiger partial charge in [0.05, 0.1) is 11.4 Å². The van der Waals surface area contributed by atoms with E-state index in [1.165, 1.54) is 6.92 Å². The van der Waals surface area contributed by atoms with Gasteiger partial charge in [-0.05, 0) is 34.9 Å². The van der Waals surface area contributed by atoms with E-state index in [1.807, 2.05) is 24.3 Å². The molecular weight excluding hydrogens is 362 g/mol. The highest BCUT2D eigenvalue weighted by molar-refractivity contribution is 5.93. The number of carbonyl (C=O) groups excluding carboxylic acids is 1. The molecule has 5 nitrogen and oxygen atoms in total. The maximum atomic E-state index is 11.5. The van der Waals surface area contributed by atoms with E-state index in [0.29, 0.717) is 0 Å². The fourth-order valence-electron chi connectivity index (χ4n) is 3.97. The highest BCUT2D eigenvalue weighted by atomic mass is 16.3. The van der Waals surface area contributed by atoms with Crippen molar-refractivity contribution in [2.75, 3.05) is 5.32 Å². The first-order valence-corrected chi connectivity index (χ1v) is 9.47. The second kappa shape index (κ2) is 6.63. The topological polar surface area (TPSA) is 78.0 Å². The Morgan fingerprint density at radius 1 is 0.931 bits per heavy atom. The van der Waals surface area contributed by atoms with Crippen molar-refractivity contribution >= 4 is 11.6 Å². The van der Waals surface area contributed by atoms with Crippen molar-refractivity contribution in [3.63, 3.8) is 0 Å². The summed E-state index contributed by atoms with van der Waals surface area (Å²) in [6.07, 6.45) is 0.729. The van der Waals surface area contributed by atoms with Gasteiger partial charge in [-0.25, -0.2) is 0 Å². The van der Waals surface area contributed by atoms with Gasteiger partial charge < -0.3 is 10.4 Å². The van der Waals surface area contributed by atoms with Crippen LogP contribution in [0.4, 0.5) is 5.69 Å². The first kappa shape index (κ1) is 17.3. The van der Waals surface area contributed by atoms with Crippen LogP contribution in [0.5, 0.6) is 5.75 Å². The first-order chi connectivity index (χ1) is 14.1. The molecule has 0 aliphatic heterocycles. The number of fused-ring (bicyclic) bond motifs is 3. The maximum absolute atomic E-state index is 11.5. The minimum atomic E-state index is -0.0721. The van der Waals surface area contributed by atoms with Crippen molar-refractivity contribution in [1.82, 2.24) is 10.2 Å². The number of carbonyl (C=O) groups is 1. The van der Waals surface area contributed by atoms with Crippen LogP contribution in [0.15, 0.2) is 66.7 Å². The molecular formula is C24H19N3O2. The van der Waals surface area contributed by atoms with Gasteiger partial charge in [-0.2, -0.15) is 5.10 Å². The number of hydrogen-bond acceptors (Lipinski definition) is 3. The van der Waals surface area contributed by atoms with E-state index in [4.69, 9.17) is 0 Å². The number of amides is 1. The van der Waals surface area contributed by atoms with E-state index in [9.17, 15) is 9.90 Å². The molecule has 0 bridgehead atoms. The largest absolute Gasteiger partial charge is 0.508 e. The molecule has 5 heteroatoms. The number of phenolic OH excluding ortho intramolecular Hbond substituents is 1. The number of benzene rings is 3. The summed E-state index contributed by atoms with van der Waals surface area (Å²) in [6.45, 7) is 1.52. The fraction of sp³-hybridized carbons (Fsp3) is 0.0833. The van der Waals surface area contributed by atoms with Gasteiger partial charge in [-0.15, -0.1) is 0 Å². The minimum Gasteiger partial charge on any atom is -0.508 e. The van der Waals surface area contributed by atoms with Crippen LogP contribution in [0.25, 0.3) is 33.6 Å². The number of aromatic nitrogens is 2. The SMILES string of the molecule is CC(=O)Nc1cccc2c1Cc1c(-c3ccc(-c4ccc(O)cc4)cc3)n[nH]c1-2. The molecule has 5 rings (SSSR count). The summed E-state index contributed by atoms with van der Waals surface area (Å²) >= 11 is 0. The molecule has 29 heavy (non-hydrogen) atoms. The van der Waals surface area contributed by atoms with E-state index in [0.717, 1.165) is 56.9 Å². The Hall–Kier alpha value is -3.86. The van der Waals surface area contributed by atoms with Gasteiger partial charge in [0.25, 0.3) is 0 Å². The lowest BCUT2D eigenvalue weighted by molar-refractivity contribution is -0.114. The van der Waals surface area contributed by atoms with Crippen molar-refractivity contribution < 1.29 is 9.90 Å². The van der Waals surface area contributed by atoms with Crippen molar-refractivity contribution in [1.29, 1.82) is 0 Å². The minimum absolute atomic E-state index is 0.0721. The van der Waals surface area contributed by atoms with Gasteiger partial charge in [0, 0.05) is 35.7 Å². The number of aromatic amines is 1. The zero-order valence-corrected chi connectivity index (χ0v) is 15.9. The molecule has 1 amide bonds. The van der Waals surface area contributed by atoms with Gasteiger partial charge in [0.1, 0.15) is 5.75 Å². The van der Waals surface area contributed by atoms with Crippen LogP contribution >= 0.6 is 0 Å². The number of aromatic hydroxyl groups is 1. The fourth-order valence-corrected chi connectivity index (χ4v) is 3.97. The highest BCUT2D eigenvalue weighted by Crippen LogP contribution is 2.43. The molecule has 3 aromatic carbocycles. The molecule has 142 valence electrons. The maximum Gasteiger partial charge on any atom is 0.221 e. The van der Waals surface area contributed by atoms with Crippen molar-refractivity contribution in [3.8, 4) is 39.4 Å². The third-order valence-corrected chi connectivity index (χ3v) is 5.34. The number of H-pyrrole nitrogens is 1. The standard InChI is InChI=1S/C24H19N3O2/c1-14(28)25-22-4-2-3-19-20(22)13-21-23(26-27-24(19)21)17-7-5-15(6-8-17)16-9-11-18(29)12-10-16/h2-12,29H,13H2,1H3,(H,25,28)(H,26,27). The van der Waals surface area contributed by atoms with E-state index in [2.05, 4.69) is 45.8 Å². The van der Waals surface area contributed by atoms with Gasteiger partial charge in [-0.1, -0.05) is 48.5 Å². The Kier molecular flexibility index (Phi) is 3.95. The number of anilines is 1. The summed E-state index contributed by atoms with van der Waals surface area (Å²) < 4.78 is 0. The van der Waals surface area contributed by atoms with Crippen molar-refractivity contribution in [2.24, 2.45) is 0 Å². The molecule has 0 spiro atoms. The van der Waals surface area contributed by atoms with Crippen LogP contribution in [0, 0.1) is 0 Å². The summed E-state index contributed by atoms with van der Waals surface area (Å²) in [5.41, 5.74) is 9.33. The number of hydrogen-bond donors (Lipinski definition) is 3. The first-order valence-electron chi connectivity index (χ1n) is 9.47. The van der Waals surface area contributed by atoms with Crippen LogP contribution in [0.1, 0.15) is 18.1 Å². The lowest BCUT2D eigenvalue weighted by Gasteiger charge is -2.09. The Bertz CT molecular complexity index is 1220. The molecule has 0 atom stereocenters. The predicted molar refractivity (Wildman–Crippen MR) is 114 cm³/mol. The normalized spacial score (nSPS) is 11.8. The Labute approximate surface area is 168 Å². The second-order valence-electron chi connectivity index (χ2n) is 7.24. The molecule has 0 unspecified atom stereocenters. The molecule has 1 aromatic heterocycles. The number of nitrogens with one attached hydrogen (secondary N) is 2. The summed E-state index contributed by atoms with van der Waals surface area (Å²) in [7, 11) is 0. The van der Waals surface area contributed by atoms with E-state index >= 15 is 0 Å². The van der Waals surface area contributed by atoms with Crippen molar-refractivity contribution in [3.05, 3.63) is 77.9 Å². The molecule has 0 saturated carbocycles. The predicted octanol–water partition coefficient (Wildman–Crippen LogP) is 4.98. The van der Waals surface area contributed by atoms with Gasteiger partial charge in [0.15, 0.2) is 0 Å². The molecule has 1 heterocycles. The summed E-state index contributed by atoms with van der Waals surface area (Å²) in [5, 5.41) is 20.1. The molecule has 1 aliphatic rings. The third kappa shape index (κ3) is 2.97. The molecule has 0 radical (unpaired) electrons.